The second-order valence-corrected chi connectivity index (χ2v) is 6.30. The van der Waals surface area contributed by atoms with Crippen LogP contribution in [0.3, 0.4) is 0 Å². The van der Waals surface area contributed by atoms with Crippen molar-refractivity contribution < 1.29 is 9.50 Å². The van der Waals surface area contributed by atoms with Gasteiger partial charge in [-0.2, -0.15) is 0 Å². The van der Waals surface area contributed by atoms with Crippen LogP contribution in [0.25, 0.3) is 0 Å². The minimum Gasteiger partial charge on any atom is -0.388 e. The fourth-order valence-electron chi connectivity index (χ4n) is 1.78. The number of hydrogen-bond donors (Lipinski definition) is 1. The summed E-state index contributed by atoms with van der Waals surface area (Å²) in [5.74, 6) is -0.343. The van der Waals surface area contributed by atoms with Crippen LogP contribution in [0.4, 0.5) is 4.39 Å². The maximum atomic E-state index is 13.0. The molecule has 0 heterocycles. The molecule has 5 heteroatoms. The van der Waals surface area contributed by atoms with Gasteiger partial charge in [0.15, 0.2) is 0 Å². The highest BCUT2D eigenvalue weighted by atomic mass is 79.9. The Hall–Kier alpha value is -0.420. The zero-order chi connectivity index (χ0) is 14.0. The van der Waals surface area contributed by atoms with Crippen molar-refractivity contribution in [1.82, 2.24) is 0 Å². The number of aliphatic hydroxyl groups excluding tert-OH is 1. The van der Waals surface area contributed by atoms with Crippen LogP contribution in [-0.4, -0.2) is 5.11 Å². The first-order valence-electron chi connectivity index (χ1n) is 5.54. The van der Waals surface area contributed by atoms with Crippen LogP contribution in [0.5, 0.6) is 0 Å². The molecule has 2 aromatic rings. The fourth-order valence-corrected chi connectivity index (χ4v) is 3.14. The van der Waals surface area contributed by atoms with E-state index in [1.165, 1.54) is 12.1 Å². The molecule has 0 bridgehead atoms. The van der Waals surface area contributed by atoms with E-state index in [2.05, 4.69) is 31.9 Å². The quantitative estimate of drug-likeness (QED) is 0.733. The zero-order valence-corrected chi connectivity index (χ0v) is 13.6. The SMILES string of the molecule is OC(Cc1ccc(Br)cc1Cl)c1ccc(F)cc1Br. The number of halogens is 4. The maximum absolute atomic E-state index is 13.0. The Morgan fingerprint density at radius 2 is 1.89 bits per heavy atom. The van der Waals surface area contributed by atoms with Gasteiger partial charge in [0.05, 0.1) is 6.10 Å². The fraction of sp³-hybridized carbons (Fsp3) is 0.143. The van der Waals surface area contributed by atoms with Gasteiger partial charge in [0.25, 0.3) is 0 Å². The van der Waals surface area contributed by atoms with Gasteiger partial charge in [0.2, 0.25) is 0 Å². The Labute approximate surface area is 132 Å². The first-order valence-corrected chi connectivity index (χ1v) is 7.50. The molecule has 0 aliphatic heterocycles. The summed E-state index contributed by atoms with van der Waals surface area (Å²) < 4.78 is 14.4. The summed E-state index contributed by atoms with van der Waals surface area (Å²) in [4.78, 5) is 0. The third kappa shape index (κ3) is 3.78. The summed E-state index contributed by atoms with van der Waals surface area (Å²) in [7, 11) is 0. The van der Waals surface area contributed by atoms with Gasteiger partial charge in [-0.05, 0) is 35.4 Å². The molecule has 100 valence electrons. The molecule has 0 spiro atoms. The van der Waals surface area contributed by atoms with Crippen LogP contribution in [-0.2, 0) is 6.42 Å². The second-order valence-electron chi connectivity index (χ2n) is 4.12. The first kappa shape index (κ1) is 15.0. The van der Waals surface area contributed by atoms with Gasteiger partial charge in [-0.1, -0.05) is 55.6 Å². The third-order valence-electron chi connectivity index (χ3n) is 2.75. The highest BCUT2D eigenvalue weighted by Gasteiger charge is 2.14. The monoisotopic (exact) mass is 406 g/mol. The molecule has 1 unspecified atom stereocenters. The minimum atomic E-state index is -0.742. The van der Waals surface area contributed by atoms with Gasteiger partial charge in [-0.15, -0.1) is 0 Å². The summed E-state index contributed by atoms with van der Waals surface area (Å²) >= 11 is 12.7. The highest BCUT2D eigenvalue weighted by molar-refractivity contribution is 9.10. The van der Waals surface area contributed by atoms with Crippen LogP contribution >= 0.6 is 43.5 Å². The Kier molecular flexibility index (Phi) is 5.01. The lowest BCUT2D eigenvalue weighted by atomic mass is 10.0. The van der Waals surface area contributed by atoms with Crippen LogP contribution in [0.15, 0.2) is 45.3 Å². The van der Waals surface area contributed by atoms with Crippen molar-refractivity contribution >= 4 is 43.5 Å². The lowest BCUT2D eigenvalue weighted by molar-refractivity contribution is 0.177. The van der Waals surface area contributed by atoms with Crippen LogP contribution in [0.2, 0.25) is 5.02 Å². The number of aliphatic hydroxyl groups is 1. The van der Waals surface area contributed by atoms with E-state index in [-0.39, 0.29) is 5.82 Å². The van der Waals surface area contributed by atoms with Crippen molar-refractivity contribution in [3.05, 3.63) is 67.3 Å². The molecular formula is C14H10Br2ClFO. The van der Waals surface area contributed by atoms with Crippen LogP contribution in [0, 0.1) is 5.82 Å². The largest absolute Gasteiger partial charge is 0.388 e. The van der Waals surface area contributed by atoms with E-state index in [4.69, 9.17) is 11.6 Å². The Morgan fingerprint density at radius 1 is 1.16 bits per heavy atom. The normalized spacial score (nSPS) is 12.5. The highest BCUT2D eigenvalue weighted by Crippen LogP contribution is 2.30. The van der Waals surface area contributed by atoms with Crippen molar-refractivity contribution in [3.8, 4) is 0 Å². The Morgan fingerprint density at radius 3 is 2.53 bits per heavy atom. The molecule has 0 fully saturated rings. The molecule has 0 aliphatic carbocycles. The maximum Gasteiger partial charge on any atom is 0.124 e. The average Bonchev–Trinajstić information content (AvgIpc) is 2.32. The third-order valence-corrected chi connectivity index (χ3v) is 4.28. The lowest BCUT2D eigenvalue weighted by Gasteiger charge is -2.14. The average molecular weight is 408 g/mol. The molecule has 2 aromatic carbocycles. The summed E-state index contributed by atoms with van der Waals surface area (Å²) in [6.45, 7) is 0. The van der Waals surface area contributed by atoms with Gasteiger partial charge in [0, 0.05) is 20.4 Å². The predicted molar refractivity (Wildman–Crippen MR) is 81.9 cm³/mol. The van der Waals surface area contributed by atoms with Gasteiger partial charge >= 0.3 is 0 Å². The van der Waals surface area contributed by atoms with Crippen LogP contribution < -0.4 is 0 Å². The topological polar surface area (TPSA) is 20.2 Å². The number of rotatable bonds is 3. The molecule has 0 saturated carbocycles. The number of hydrogen-bond acceptors (Lipinski definition) is 1. The van der Waals surface area contributed by atoms with E-state index in [9.17, 15) is 9.50 Å². The molecule has 1 nitrogen and oxygen atoms in total. The van der Waals surface area contributed by atoms with Crippen molar-refractivity contribution in [3.63, 3.8) is 0 Å². The summed E-state index contributed by atoms with van der Waals surface area (Å²) in [6.07, 6.45) is -0.371. The van der Waals surface area contributed by atoms with Gasteiger partial charge in [-0.3, -0.25) is 0 Å². The van der Waals surface area contributed by atoms with E-state index in [0.717, 1.165) is 10.0 Å². The molecule has 1 N–H and O–H groups in total. The molecule has 0 saturated heterocycles. The predicted octanol–water partition coefficient (Wildman–Crippen LogP) is 5.28. The zero-order valence-electron chi connectivity index (χ0n) is 9.71. The van der Waals surface area contributed by atoms with Crippen molar-refractivity contribution in [2.75, 3.05) is 0 Å². The van der Waals surface area contributed by atoms with Gasteiger partial charge in [0.1, 0.15) is 5.82 Å². The van der Waals surface area contributed by atoms with E-state index in [1.54, 1.807) is 12.1 Å². The first-order chi connectivity index (χ1) is 8.97. The smallest absolute Gasteiger partial charge is 0.124 e. The molecule has 0 amide bonds. The van der Waals surface area contributed by atoms with Gasteiger partial charge in [-0.25, -0.2) is 4.39 Å². The van der Waals surface area contributed by atoms with Crippen molar-refractivity contribution in [1.29, 1.82) is 0 Å². The van der Waals surface area contributed by atoms with E-state index >= 15 is 0 Å². The molecule has 0 aliphatic rings. The van der Waals surface area contributed by atoms with Gasteiger partial charge < -0.3 is 5.11 Å². The Balaban J connectivity index is 2.23. The summed E-state index contributed by atoms with van der Waals surface area (Å²) in [6, 6.07) is 9.73. The van der Waals surface area contributed by atoms with Crippen molar-refractivity contribution in [2.45, 2.75) is 12.5 Å². The minimum absolute atomic E-state index is 0.343. The molecule has 0 aromatic heterocycles. The molecule has 1 atom stereocenters. The molecule has 19 heavy (non-hydrogen) atoms. The van der Waals surface area contributed by atoms with E-state index in [0.29, 0.717) is 21.5 Å². The van der Waals surface area contributed by atoms with E-state index < -0.39 is 6.10 Å². The second kappa shape index (κ2) is 6.35. The van der Waals surface area contributed by atoms with Crippen LogP contribution in [0.1, 0.15) is 17.2 Å². The molecule has 0 radical (unpaired) electrons. The number of benzene rings is 2. The molecular weight excluding hydrogens is 398 g/mol. The lowest BCUT2D eigenvalue weighted by Crippen LogP contribution is -2.03. The Bertz CT molecular complexity index is 604. The summed E-state index contributed by atoms with van der Waals surface area (Å²) in [5, 5.41) is 10.8. The van der Waals surface area contributed by atoms with E-state index in [1.807, 2.05) is 12.1 Å². The molecule has 2 rings (SSSR count). The summed E-state index contributed by atoms with van der Waals surface area (Å²) in [5.41, 5.74) is 1.48. The standard InChI is InChI=1S/C14H10Br2ClFO/c15-9-2-1-8(13(17)6-9)5-14(19)11-4-3-10(18)7-12(11)16/h1-4,6-7,14,19H,5H2. The van der Waals surface area contributed by atoms with Crippen molar-refractivity contribution in [2.24, 2.45) is 0 Å².